The van der Waals surface area contributed by atoms with Crippen molar-refractivity contribution in [1.29, 1.82) is 0 Å². The van der Waals surface area contributed by atoms with Crippen LogP contribution in [0.15, 0.2) is 0 Å². The van der Waals surface area contributed by atoms with Crippen LogP contribution < -0.4 is 21.3 Å². The first-order valence-electron chi connectivity index (χ1n) is 10.7. The van der Waals surface area contributed by atoms with Gasteiger partial charge in [-0.2, -0.15) is 11.8 Å². The molecule has 190 valence electrons. The van der Waals surface area contributed by atoms with Crippen LogP contribution in [0.4, 0.5) is 0 Å². The van der Waals surface area contributed by atoms with Gasteiger partial charge in [0.2, 0.25) is 23.6 Å². The maximum Gasteiger partial charge on any atom is 0.325 e. The normalized spacial score (nSPS) is 17.7. The molecular formula is C20H43N5O6S. The van der Waals surface area contributed by atoms with Crippen LogP contribution in [0.1, 0.15) is 38.8 Å². The van der Waals surface area contributed by atoms with E-state index in [0.29, 0.717) is 12.2 Å². The molecule has 4 amide bonds. The third kappa shape index (κ3) is 9.43. The molecule has 1 heterocycles. The number of amides is 4. The van der Waals surface area contributed by atoms with Crippen molar-refractivity contribution in [2.45, 2.75) is 51.2 Å². The number of ether oxygens (including phenoxy) is 1. The van der Waals surface area contributed by atoms with Gasteiger partial charge in [0.1, 0.15) is 18.6 Å². The van der Waals surface area contributed by atoms with Gasteiger partial charge < -0.3 is 26.0 Å². The zero-order valence-corrected chi connectivity index (χ0v) is 20.0. The first-order valence-corrected chi connectivity index (χ1v) is 12.1. The molecule has 0 aromatic rings. The van der Waals surface area contributed by atoms with Crippen LogP contribution >= 0.6 is 11.8 Å². The molecule has 4 N–H and O–H groups in total. The van der Waals surface area contributed by atoms with Gasteiger partial charge in [0, 0.05) is 5.71 Å². The number of nitrogens with zero attached hydrogens (tertiary/aromatic N) is 1. The molecule has 12 heteroatoms. The number of likely N-dealkylation sites (N-methyl/N-ethyl adjacent to an activating group) is 1. The maximum atomic E-state index is 12.8. The Morgan fingerprint density at radius 3 is 2.47 bits per heavy atom. The molecule has 32 heavy (non-hydrogen) atoms. The van der Waals surface area contributed by atoms with Gasteiger partial charge in [0.25, 0.3) is 0 Å². The summed E-state index contributed by atoms with van der Waals surface area (Å²) in [4.78, 5) is 62.5. The minimum Gasteiger partial charge on any atom is -0.468 e. The minimum absolute atomic E-state index is 0. The van der Waals surface area contributed by atoms with E-state index in [4.69, 9.17) is 0 Å². The van der Waals surface area contributed by atoms with Gasteiger partial charge in [0.05, 0.1) is 19.7 Å². The fourth-order valence-electron chi connectivity index (χ4n) is 3.28. The maximum absolute atomic E-state index is 12.8. The van der Waals surface area contributed by atoms with Crippen LogP contribution in [0.2, 0.25) is 0 Å². The average Bonchev–Trinajstić information content (AvgIpc) is 3.27. The number of nitrogens with one attached hydrogen (secondary N) is 4. The lowest BCUT2D eigenvalue weighted by Gasteiger charge is -2.26. The highest BCUT2D eigenvalue weighted by atomic mass is 32.2. The van der Waals surface area contributed by atoms with Crippen molar-refractivity contribution in [3.63, 3.8) is 0 Å². The van der Waals surface area contributed by atoms with E-state index in [0.717, 1.165) is 25.9 Å². The summed E-state index contributed by atoms with van der Waals surface area (Å²) < 4.78 is 4.41. The highest BCUT2D eigenvalue weighted by Gasteiger charge is 2.32. The first kappa shape index (κ1) is 27.7. The summed E-state index contributed by atoms with van der Waals surface area (Å²) in [5.41, 5.74) is 0. The predicted molar refractivity (Wildman–Crippen MR) is 129 cm³/mol. The van der Waals surface area contributed by atoms with E-state index >= 15 is 0 Å². The fraction of sp³-hybridized carbons (Fsp3) is 0.750. The second-order valence-corrected chi connectivity index (χ2v) is 8.42. The molecule has 0 aromatic heterocycles. The summed E-state index contributed by atoms with van der Waals surface area (Å²) >= 11 is 1.56. The zero-order valence-electron chi connectivity index (χ0n) is 19.2. The third-order valence-corrected chi connectivity index (χ3v) is 5.79. The Morgan fingerprint density at radius 1 is 1.12 bits per heavy atom. The van der Waals surface area contributed by atoms with E-state index in [9.17, 15) is 24.0 Å². The Hall–Kier alpha value is -2.34. The molecule has 1 aliphatic heterocycles. The SMILES string of the molecule is CCN1CCC[C@H]1C(=O)N[C@@H](CCSC)C(=O)N[C@@H](C)C(=O)NCC(=O)NCC(=O)OC.[HH].[HH].[HH].[HH]. The molecule has 1 saturated heterocycles. The van der Waals surface area contributed by atoms with Crippen molar-refractivity contribution in [3.8, 4) is 0 Å². The molecule has 0 unspecified atom stereocenters. The molecule has 0 aliphatic carbocycles. The Bertz CT molecular complexity index is 695. The van der Waals surface area contributed by atoms with E-state index in [2.05, 4.69) is 30.9 Å². The summed E-state index contributed by atoms with van der Waals surface area (Å²) in [6.07, 6.45) is 4.04. The quantitative estimate of drug-likeness (QED) is 0.260. The standard InChI is InChI=1S/C20H35N5O6S.4H2/c1-5-25-9-6-7-15(25)20(30)24-14(8-10-32-4)19(29)23-13(2)18(28)22-11-16(26)21-12-17(27)31-3;;;;/h13-15H,5-12H2,1-4H3,(H,21,26)(H,22,28)(H,23,29)(H,24,30);4*1H/t13-,14-,15-;;;;/m0..../s1. The molecule has 0 saturated carbocycles. The van der Waals surface area contributed by atoms with Crippen molar-refractivity contribution < 1.29 is 34.4 Å². The highest BCUT2D eigenvalue weighted by Crippen LogP contribution is 2.17. The largest absolute Gasteiger partial charge is 0.468 e. The molecule has 0 radical (unpaired) electrons. The van der Waals surface area contributed by atoms with Gasteiger partial charge in [0.15, 0.2) is 0 Å². The summed E-state index contributed by atoms with van der Waals surface area (Å²) in [7, 11) is 1.20. The molecule has 11 nitrogen and oxygen atoms in total. The molecule has 0 aromatic carbocycles. The summed E-state index contributed by atoms with van der Waals surface area (Å²) in [5.74, 6) is -1.69. The van der Waals surface area contributed by atoms with Gasteiger partial charge in [-0.05, 0) is 51.3 Å². The van der Waals surface area contributed by atoms with Crippen LogP contribution in [-0.2, 0) is 28.7 Å². The number of hydrogen-bond donors (Lipinski definition) is 4. The third-order valence-electron chi connectivity index (χ3n) is 5.15. The van der Waals surface area contributed by atoms with E-state index in [-0.39, 0.29) is 30.7 Å². The second kappa shape index (κ2) is 14.7. The van der Waals surface area contributed by atoms with Crippen molar-refractivity contribution in [2.75, 3.05) is 45.3 Å². The molecule has 0 bridgehead atoms. The molecule has 1 fully saturated rings. The smallest absolute Gasteiger partial charge is 0.325 e. The molecular weight excluding hydrogens is 438 g/mol. The number of rotatable bonds is 13. The lowest BCUT2D eigenvalue weighted by atomic mass is 10.1. The van der Waals surface area contributed by atoms with Crippen LogP contribution in [-0.4, -0.2) is 97.9 Å². The second-order valence-electron chi connectivity index (χ2n) is 7.43. The topological polar surface area (TPSA) is 146 Å². The average molecular weight is 482 g/mol. The first-order chi connectivity index (χ1) is 15.2. The van der Waals surface area contributed by atoms with Crippen LogP contribution in [0.25, 0.3) is 0 Å². The van der Waals surface area contributed by atoms with Crippen molar-refractivity contribution in [1.82, 2.24) is 26.2 Å². The minimum atomic E-state index is -0.914. The number of carbonyl (C=O) groups is 5. The van der Waals surface area contributed by atoms with Crippen molar-refractivity contribution >= 4 is 41.4 Å². The van der Waals surface area contributed by atoms with E-state index in [1.54, 1.807) is 11.8 Å². The lowest BCUT2D eigenvalue weighted by Crippen LogP contribution is -2.55. The molecule has 0 spiro atoms. The van der Waals surface area contributed by atoms with Crippen molar-refractivity contribution in [3.05, 3.63) is 0 Å². The number of hydrogen-bond acceptors (Lipinski definition) is 8. The summed E-state index contributed by atoms with van der Waals surface area (Å²) in [6, 6.07) is -1.91. The molecule has 3 atom stereocenters. The van der Waals surface area contributed by atoms with E-state index < -0.39 is 35.8 Å². The van der Waals surface area contributed by atoms with Gasteiger partial charge in [-0.1, -0.05) is 6.92 Å². The van der Waals surface area contributed by atoms with Gasteiger partial charge in [-0.3, -0.25) is 28.9 Å². The van der Waals surface area contributed by atoms with Crippen molar-refractivity contribution in [2.24, 2.45) is 0 Å². The Kier molecular flexibility index (Phi) is 12.7. The number of carbonyl (C=O) groups excluding carboxylic acids is 5. The Labute approximate surface area is 199 Å². The highest BCUT2D eigenvalue weighted by molar-refractivity contribution is 7.98. The number of thioether (sulfide) groups is 1. The summed E-state index contributed by atoms with van der Waals surface area (Å²) in [6.45, 7) is 4.47. The van der Waals surface area contributed by atoms with Crippen LogP contribution in [0.5, 0.6) is 0 Å². The Balaban J connectivity index is -0.00000128. The monoisotopic (exact) mass is 481 g/mol. The molecule has 1 rings (SSSR count). The van der Waals surface area contributed by atoms with Crippen LogP contribution in [0, 0.1) is 0 Å². The van der Waals surface area contributed by atoms with Gasteiger partial charge >= 0.3 is 5.97 Å². The van der Waals surface area contributed by atoms with Gasteiger partial charge in [-0.15, -0.1) is 0 Å². The number of esters is 1. The fourth-order valence-corrected chi connectivity index (χ4v) is 3.75. The lowest BCUT2D eigenvalue weighted by molar-refractivity contribution is -0.141. The zero-order chi connectivity index (χ0) is 24.1. The number of methoxy groups -OCH3 is 1. The van der Waals surface area contributed by atoms with Gasteiger partial charge in [-0.25, -0.2) is 0 Å². The summed E-state index contributed by atoms with van der Waals surface area (Å²) in [5, 5.41) is 10.1. The van der Waals surface area contributed by atoms with E-state index in [1.165, 1.54) is 14.0 Å². The number of likely N-dealkylation sites (tertiary alicyclic amines) is 1. The predicted octanol–water partition coefficient (Wildman–Crippen LogP) is -0.397. The van der Waals surface area contributed by atoms with Crippen LogP contribution in [0.3, 0.4) is 0 Å². The molecule has 1 aliphatic rings. The Morgan fingerprint density at radius 2 is 1.84 bits per heavy atom. The van der Waals surface area contributed by atoms with E-state index in [1.807, 2.05) is 13.2 Å².